The lowest BCUT2D eigenvalue weighted by Crippen LogP contribution is -2.23. The van der Waals surface area contributed by atoms with E-state index in [2.05, 4.69) is 9.71 Å². The molecule has 1 amide bonds. The standard InChI is InChI=1S/C15H14FN3O3S/c16-11-3-8-14(17-10-11)18-23(21,22)13-6-4-12(5-7-13)19-9-1-2-15(19)20/h3-8,10H,1-2,9H2,(H,17,18). The Morgan fingerprint density at radius 2 is 1.87 bits per heavy atom. The van der Waals surface area contributed by atoms with Crippen LogP contribution in [-0.2, 0) is 14.8 Å². The number of benzene rings is 1. The van der Waals surface area contributed by atoms with Gasteiger partial charge in [-0.25, -0.2) is 17.8 Å². The molecule has 0 unspecified atom stereocenters. The molecule has 0 aliphatic carbocycles. The second-order valence-electron chi connectivity index (χ2n) is 5.11. The SMILES string of the molecule is O=C1CCCN1c1ccc(S(=O)(=O)Nc2ccc(F)cn2)cc1. The Kier molecular flexibility index (Phi) is 3.99. The molecule has 2 heterocycles. The van der Waals surface area contributed by atoms with Crippen molar-refractivity contribution in [1.82, 2.24) is 4.98 Å². The molecule has 23 heavy (non-hydrogen) atoms. The van der Waals surface area contributed by atoms with Gasteiger partial charge in [0.05, 0.1) is 11.1 Å². The second kappa shape index (κ2) is 5.96. The number of carbonyl (C=O) groups is 1. The maximum absolute atomic E-state index is 12.8. The van der Waals surface area contributed by atoms with Crippen LogP contribution < -0.4 is 9.62 Å². The van der Waals surface area contributed by atoms with E-state index >= 15 is 0 Å². The van der Waals surface area contributed by atoms with Gasteiger partial charge in [0.2, 0.25) is 5.91 Å². The largest absolute Gasteiger partial charge is 0.312 e. The van der Waals surface area contributed by atoms with Crippen LogP contribution in [0.15, 0.2) is 47.5 Å². The van der Waals surface area contributed by atoms with E-state index in [0.29, 0.717) is 18.7 Å². The fraction of sp³-hybridized carbons (Fsp3) is 0.200. The highest BCUT2D eigenvalue weighted by Gasteiger charge is 2.22. The summed E-state index contributed by atoms with van der Waals surface area (Å²) in [5, 5.41) is 0. The third-order valence-corrected chi connectivity index (χ3v) is 4.87. The summed E-state index contributed by atoms with van der Waals surface area (Å²) in [6.45, 7) is 0.642. The molecule has 0 bridgehead atoms. The number of hydrogen-bond acceptors (Lipinski definition) is 4. The minimum atomic E-state index is -3.82. The molecule has 1 N–H and O–H groups in total. The summed E-state index contributed by atoms with van der Waals surface area (Å²) in [4.78, 5) is 17.0. The van der Waals surface area contributed by atoms with Crippen molar-refractivity contribution < 1.29 is 17.6 Å². The van der Waals surface area contributed by atoms with E-state index in [1.54, 1.807) is 17.0 Å². The molecule has 0 saturated carbocycles. The number of carbonyl (C=O) groups excluding carboxylic acids is 1. The van der Waals surface area contributed by atoms with Crippen LogP contribution in [0.1, 0.15) is 12.8 Å². The van der Waals surface area contributed by atoms with Gasteiger partial charge in [-0.3, -0.25) is 9.52 Å². The third kappa shape index (κ3) is 3.31. The van der Waals surface area contributed by atoms with Crippen LogP contribution >= 0.6 is 0 Å². The normalized spacial score (nSPS) is 15.0. The van der Waals surface area contributed by atoms with Gasteiger partial charge >= 0.3 is 0 Å². The number of anilines is 2. The number of nitrogens with zero attached hydrogens (tertiary/aromatic N) is 2. The van der Waals surface area contributed by atoms with E-state index in [1.807, 2.05) is 0 Å². The number of halogens is 1. The van der Waals surface area contributed by atoms with Gasteiger partial charge < -0.3 is 4.90 Å². The zero-order chi connectivity index (χ0) is 16.4. The lowest BCUT2D eigenvalue weighted by molar-refractivity contribution is -0.117. The van der Waals surface area contributed by atoms with E-state index in [4.69, 9.17) is 0 Å². The molecule has 0 atom stereocenters. The number of pyridine rings is 1. The van der Waals surface area contributed by atoms with Crippen molar-refractivity contribution >= 4 is 27.4 Å². The first-order valence-electron chi connectivity index (χ1n) is 7.00. The summed E-state index contributed by atoms with van der Waals surface area (Å²) in [7, 11) is -3.82. The average molecular weight is 335 g/mol. The Labute approximate surface area is 133 Å². The van der Waals surface area contributed by atoms with E-state index < -0.39 is 15.8 Å². The summed E-state index contributed by atoms with van der Waals surface area (Å²) < 4.78 is 39.6. The summed E-state index contributed by atoms with van der Waals surface area (Å²) in [5.41, 5.74) is 0.673. The van der Waals surface area contributed by atoms with Crippen molar-refractivity contribution in [2.45, 2.75) is 17.7 Å². The van der Waals surface area contributed by atoms with Crippen LogP contribution in [-0.4, -0.2) is 25.9 Å². The number of nitrogens with one attached hydrogen (secondary N) is 1. The lowest BCUT2D eigenvalue weighted by Gasteiger charge is -2.16. The number of sulfonamides is 1. The fourth-order valence-electron chi connectivity index (χ4n) is 2.36. The first kappa shape index (κ1) is 15.4. The minimum Gasteiger partial charge on any atom is -0.312 e. The highest BCUT2D eigenvalue weighted by molar-refractivity contribution is 7.92. The molecule has 1 aliphatic heterocycles. The molecule has 6 nitrogen and oxygen atoms in total. The Balaban J connectivity index is 1.80. The van der Waals surface area contributed by atoms with Crippen LogP contribution in [0.4, 0.5) is 15.9 Å². The van der Waals surface area contributed by atoms with Crippen LogP contribution in [0.3, 0.4) is 0 Å². The molecule has 1 aromatic carbocycles. The maximum Gasteiger partial charge on any atom is 0.263 e. The highest BCUT2D eigenvalue weighted by Crippen LogP contribution is 2.23. The van der Waals surface area contributed by atoms with Crippen molar-refractivity contribution in [2.24, 2.45) is 0 Å². The molecule has 1 aliphatic rings. The van der Waals surface area contributed by atoms with Crippen molar-refractivity contribution in [3.63, 3.8) is 0 Å². The molecular formula is C15H14FN3O3S. The van der Waals surface area contributed by atoms with E-state index in [0.717, 1.165) is 18.7 Å². The van der Waals surface area contributed by atoms with Gasteiger partial charge in [-0.2, -0.15) is 0 Å². The molecule has 1 saturated heterocycles. The van der Waals surface area contributed by atoms with Crippen LogP contribution in [0.25, 0.3) is 0 Å². The molecule has 120 valence electrons. The zero-order valence-corrected chi connectivity index (χ0v) is 12.9. The fourth-order valence-corrected chi connectivity index (χ4v) is 3.37. The van der Waals surface area contributed by atoms with Crippen molar-refractivity contribution in [3.8, 4) is 0 Å². The predicted octanol–water partition coefficient (Wildman–Crippen LogP) is 2.15. The minimum absolute atomic E-state index is 0.0326. The van der Waals surface area contributed by atoms with E-state index in [-0.39, 0.29) is 16.6 Å². The van der Waals surface area contributed by atoms with Gasteiger partial charge in [-0.15, -0.1) is 0 Å². The summed E-state index contributed by atoms with van der Waals surface area (Å²) >= 11 is 0. The average Bonchev–Trinajstić information content (AvgIpc) is 2.96. The van der Waals surface area contributed by atoms with Gasteiger partial charge in [0, 0.05) is 18.7 Å². The number of hydrogen-bond donors (Lipinski definition) is 1. The van der Waals surface area contributed by atoms with E-state index in [9.17, 15) is 17.6 Å². The molecule has 1 fully saturated rings. The smallest absolute Gasteiger partial charge is 0.263 e. The van der Waals surface area contributed by atoms with Crippen LogP contribution in [0.2, 0.25) is 0 Å². The monoisotopic (exact) mass is 335 g/mol. The molecule has 2 aromatic rings. The van der Waals surface area contributed by atoms with Gasteiger partial charge in [0.15, 0.2) is 0 Å². The van der Waals surface area contributed by atoms with Crippen LogP contribution in [0, 0.1) is 5.82 Å². The van der Waals surface area contributed by atoms with Gasteiger partial charge in [0.25, 0.3) is 10.0 Å². The van der Waals surface area contributed by atoms with Gasteiger partial charge in [0.1, 0.15) is 11.6 Å². The lowest BCUT2D eigenvalue weighted by atomic mass is 10.3. The molecule has 3 rings (SSSR count). The summed E-state index contributed by atoms with van der Waals surface area (Å²) in [5.74, 6) is -0.480. The zero-order valence-electron chi connectivity index (χ0n) is 12.1. The number of rotatable bonds is 4. The van der Waals surface area contributed by atoms with Gasteiger partial charge in [-0.05, 0) is 42.8 Å². The van der Waals surface area contributed by atoms with E-state index in [1.165, 1.54) is 18.2 Å². The summed E-state index contributed by atoms with van der Waals surface area (Å²) in [6.07, 6.45) is 2.24. The molecular weight excluding hydrogens is 321 g/mol. The predicted molar refractivity (Wildman–Crippen MR) is 83.0 cm³/mol. The summed E-state index contributed by atoms with van der Waals surface area (Å²) in [6, 6.07) is 8.39. The molecule has 0 spiro atoms. The van der Waals surface area contributed by atoms with Crippen molar-refractivity contribution in [1.29, 1.82) is 0 Å². The number of amides is 1. The first-order chi connectivity index (χ1) is 11.0. The molecule has 0 radical (unpaired) electrons. The Morgan fingerprint density at radius 3 is 2.43 bits per heavy atom. The quantitative estimate of drug-likeness (QED) is 0.928. The van der Waals surface area contributed by atoms with Gasteiger partial charge in [-0.1, -0.05) is 0 Å². The number of aromatic nitrogens is 1. The Morgan fingerprint density at radius 1 is 1.13 bits per heavy atom. The molecule has 8 heteroatoms. The second-order valence-corrected chi connectivity index (χ2v) is 6.79. The maximum atomic E-state index is 12.8. The first-order valence-corrected chi connectivity index (χ1v) is 8.49. The Hall–Kier alpha value is -2.48. The molecule has 1 aromatic heterocycles. The Bertz CT molecular complexity index is 820. The van der Waals surface area contributed by atoms with Crippen LogP contribution in [0.5, 0.6) is 0 Å². The van der Waals surface area contributed by atoms with Crippen molar-refractivity contribution in [2.75, 3.05) is 16.2 Å². The van der Waals surface area contributed by atoms with Crippen molar-refractivity contribution in [3.05, 3.63) is 48.4 Å². The topological polar surface area (TPSA) is 79.4 Å². The third-order valence-electron chi connectivity index (χ3n) is 3.50. The highest BCUT2D eigenvalue weighted by atomic mass is 32.2.